The highest BCUT2D eigenvalue weighted by molar-refractivity contribution is 9.11. The first-order valence-corrected chi connectivity index (χ1v) is 8.72. The van der Waals surface area contributed by atoms with Crippen LogP contribution >= 0.6 is 31.9 Å². The van der Waals surface area contributed by atoms with Crippen LogP contribution in [0.4, 0.5) is 5.69 Å². The Hall–Kier alpha value is -0.0600. The molecule has 2 fully saturated rings. The van der Waals surface area contributed by atoms with E-state index < -0.39 is 0 Å². The lowest BCUT2D eigenvalue weighted by Crippen LogP contribution is -2.61. The Bertz CT molecular complexity index is 450. The number of piperazine rings is 1. The van der Waals surface area contributed by atoms with Crippen LogP contribution in [-0.2, 0) is 0 Å². The Kier molecular flexibility index (Phi) is 4.20. The lowest BCUT2D eigenvalue weighted by Gasteiger charge is -2.47. The summed E-state index contributed by atoms with van der Waals surface area (Å²) in [4.78, 5) is 2.54. The number of nitrogens with zero attached hydrogens (tertiary/aromatic N) is 1. The second-order valence-corrected chi connectivity index (χ2v) is 7.56. The van der Waals surface area contributed by atoms with Crippen molar-refractivity contribution in [2.45, 2.75) is 37.6 Å². The molecule has 104 valence electrons. The number of hydrogen-bond acceptors (Lipinski definition) is 2. The molecule has 1 aromatic carbocycles. The molecule has 0 amide bonds. The van der Waals surface area contributed by atoms with Gasteiger partial charge in [-0.25, -0.2) is 0 Å². The molecule has 1 aromatic rings. The lowest BCUT2D eigenvalue weighted by molar-refractivity contribution is 0.216. The van der Waals surface area contributed by atoms with Gasteiger partial charge in [-0.3, -0.25) is 0 Å². The average Bonchev–Trinajstić information content (AvgIpc) is 2.42. The van der Waals surface area contributed by atoms with Crippen molar-refractivity contribution in [2.24, 2.45) is 0 Å². The molecule has 1 aliphatic heterocycles. The Balaban J connectivity index is 1.82. The van der Waals surface area contributed by atoms with E-state index in [0.29, 0.717) is 5.54 Å². The van der Waals surface area contributed by atoms with Crippen LogP contribution in [0.2, 0.25) is 0 Å². The largest absolute Gasteiger partial charge is 0.367 e. The minimum absolute atomic E-state index is 0.359. The van der Waals surface area contributed by atoms with E-state index >= 15 is 0 Å². The zero-order valence-electron chi connectivity index (χ0n) is 11.1. The molecule has 1 N–H and O–H groups in total. The topological polar surface area (TPSA) is 15.3 Å². The number of hydrogen-bond donors (Lipinski definition) is 1. The number of halogens is 2. The predicted octanol–water partition coefficient (Wildman–Crippen LogP) is 4.32. The van der Waals surface area contributed by atoms with Crippen molar-refractivity contribution in [1.82, 2.24) is 5.32 Å². The molecule has 1 saturated heterocycles. The maximum absolute atomic E-state index is 3.80. The van der Waals surface area contributed by atoms with E-state index in [-0.39, 0.29) is 0 Å². The third-order valence-corrected chi connectivity index (χ3v) is 5.60. The molecule has 0 unspecified atom stereocenters. The van der Waals surface area contributed by atoms with Crippen molar-refractivity contribution in [3.63, 3.8) is 0 Å². The van der Waals surface area contributed by atoms with Gasteiger partial charge < -0.3 is 10.2 Å². The average molecular weight is 388 g/mol. The fourth-order valence-electron chi connectivity index (χ4n) is 3.45. The van der Waals surface area contributed by atoms with Crippen LogP contribution in [0, 0.1) is 0 Å². The summed E-state index contributed by atoms with van der Waals surface area (Å²) in [5.74, 6) is 0. The normalized spacial score (nSPS) is 22.7. The summed E-state index contributed by atoms with van der Waals surface area (Å²) in [6.45, 7) is 3.33. The van der Waals surface area contributed by atoms with Gasteiger partial charge in [0.2, 0.25) is 0 Å². The second-order valence-electron chi connectivity index (χ2n) is 5.79. The van der Waals surface area contributed by atoms with Crippen LogP contribution < -0.4 is 10.2 Å². The summed E-state index contributed by atoms with van der Waals surface area (Å²) in [6, 6.07) is 6.45. The highest BCUT2D eigenvalue weighted by Crippen LogP contribution is 2.35. The van der Waals surface area contributed by atoms with Crippen molar-refractivity contribution < 1.29 is 0 Å². The van der Waals surface area contributed by atoms with E-state index in [2.05, 4.69) is 60.3 Å². The van der Waals surface area contributed by atoms with Crippen molar-refractivity contribution >= 4 is 37.5 Å². The van der Waals surface area contributed by atoms with Crippen LogP contribution in [0.1, 0.15) is 32.1 Å². The Morgan fingerprint density at radius 2 is 1.89 bits per heavy atom. The molecular weight excluding hydrogens is 368 g/mol. The first-order valence-electron chi connectivity index (χ1n) is 7.14. The molecule has 1 saturated carbocycles. The standard InChI is InChI=1S/C15H20Br2N2/c16-12-4-5-13(17)14(10-12)19-9-8-18-15(11-19)6-2-1-3-7-15/h4-5,10,18H,1-3,6-9,11H2. The van der Waals surface area contributed by atoms with E-state index in [0.717, 1.165) is 24.1 Å². The van der Waals surface area contributed by atoms with Gasteiger partial charge in [0, 0.05) is 34.1 Å². The smallest absolute Gasteiger partial charge is 0.0523 e. The molecule has 2 aliphatic rings. The lowest BCUT2D eigenvalue weighted by atomic mass is 9.80. The third-order valence-electron chi connectivity index (χ3n) is 4.43. The monoisotopic (exact) mass is 386 g/mol. The first kappa shape index (κ1) is 13.9. The summed E-state index contributed by atoms with van der Waals surface area (Å²) in [5, 5.41) is 3.80. The van der Waals surface area contributed by atoms with Gasteiger partial charge in [-0.15, -0.1) is 0 Å². The second kappa shape index (κ2) is 5.74. The third kappa shape index (κ3) is 3.01. The molecular formula is C15H20Br2N2. The van der Waals surface area contributed by atoms with E-state index in [1.165, 1.54) is 42.3 Å². The summed E-state index contributed by atoms with van der Waals surface area (Å²) in [7, 11) is 0. The Labute approximate surface area is 132 Å². The molecule has 3 rings (SSSR count). The van der Waals surface area contributed by atoms with Gasteiger partial charge in [-0.1, -0.05) is 35.2 Å². The first-order chi connectivity index (χ1) is 9.19. The van der Waals surface area contributed by atoms with Gasteiger partial charge in [-0.05, 0) is 47.0 Å². The Morgan fingerprint density at radius 1 is 1.11 bits per heavy atom. The van der Waals surface area contributed by atoms with Gasteiger partial charge in [0.1, 0.15) is 0 Å². The molecule has 4 heteroatoms. The summed E-state index contributed by atoms with van der Waals surface area (Å²) < 4.78 is 2.35. The SMILES string of the molecule is Brc1ccc(Br)c(N2CCNC3(CCCCC3)C2)c1. The highest BCUT2D eigenvalue weighted by atomic mass is 79.9. The van der Waals surface area contributed by atoms with Crippen LogP contribution in [0.3, 0.4) is 0 Å². The minimum atomic E-state index is 0.359. The van der Waals surface area contributed by atoms with E-state index in [1.54, 1.807) is 0 Å². The summed E-state index contributed by atoms with van der Waals surface area (Å²) in [5.41, 5.74) is 1.68. The van der Waals surface area contributed by atoms with Gasteiger partial charge in [-0.2, -0.15) is 0 Å². The zero-order chi connectivity index (χ0) is 13.3. The number of rotatable bonds is 1. The van der Waals surface area contributed by atoms with Crippen LogP contribution in [0.5, 0.6) is 0 Å². The van der Waals surface area contributed by atoms with Gasteiger partial charge >= 0.3 is 0 Å². The molecule has 1 heterocycles. The molecule has 0 bridgehead atoms. The molecule has 1 spiro atoms. The van der Waals surface area contributed by atoms with Crippen molar-refractivity contribution in [3.8, 4) is 0 Å². The number of anilines is 1. The van der Waals surface area contributed by atoms with Crippen LogP contribution in [-0.4, -0.2) is 25.2 Å². The fraction of sp³-hybridized carbons (Fsp3) is 0.600. The van der Waals surface area contributed by atoms with Gasteiger partial charge in [0.25, 0.3) is 0 Å². The van der Waals surface area contributed by atoms with E-state index in [4.69, 9.17) is 0 Å². The maximum Gasteiger partial charge on any atom is 0.0523 e. The van der Waals surface area contributed by atoms with Crippen LogP contribution in [0.15, 0.2) is 27.1 Å². The molecule has 19 heavy (non-hydrogen) atoms. The summed E-state index contributed by atoms with van der Waals surface area (Å²) >= 11 is 7.28. The molecule has 0 atom stereocenters. The van der Waals surface area contributed by atoms with Crippen LogP contribution in [0.25, 0.3) is 0 Å². The molecule has 2 nitrogen and oxygen atoms in total. The zero-order valence-corrected chi connectivity index (χ0v) is 14.3. The number of nitrogens with one attached hydrogen (secondary N) is 1. The highest BCUT2D eigenvalue weighted by Gasteiger charge is 2.36. The molecule has 0 radical (unpaired) electrons. The maximum atomic E-state index is 3.80. The fourth-order valence-corrected chi connectivity index (χ4v) is 4.30. The van der Waals surface area contributed by atoms with Crippen molar-refractivity contribution in [3.05, 3.63) is 27.1 Å². The summed E-state index contributed by atoms with van der Waals surface area (Å²) in [6.07, 6.45) is 6.81. The number of benzene rings is 1. The quantitative estimate of drug-likeness (QED) is 0.771. The molecule has 1 aliphatic carbocycles. The van der Waals surface area contributed by atoms with Crippen molar-refractivity contribution in [1.29, 1.82) is 0 Å². The van der Waals surface area contributed by atoms with Gasteiger partial charge in [0.05, 0.1) is 5.69 Å². The van der Waals surface area contributed by atoms with Gasteiger partial charge in [0.15, 0.2) is 0 Å². The molecule has 0 aromatic heterocycles. The van der Waals surface area contributed by atoms with E-state index in [9.17, 15) is 0 Å². The predicted molar refractivity (Wildman–Crippen MR) is 87.9 cm³/mol. The van der Waals surface area contributed by atoms with E-state index in [1.807, 2.05) is 0 Å². The Morgan fingerprint density at radius 3 is 2.68 bits per heavy atom. The van der Waals surface area contributed by atoms with Crippen molar-refractivity contribution in [2.75, 3.05) is 24.5 Å². The minimum Gasteiger partial charge on any atom is -0.367 e.